The predicted molar refractivity (Wildman–Crippen MR) is 75.0 cm³/mol. The van der Waals surface area contributed by atoms with Gasteiger partial charge in [-0.15, -0.1) is 0 Å². The van der Waals surface area contributed by atoms with Crippen molar-refractivity contribution >= 4 is 45.8 Å². The van der Waals surface area contributed by atoms with Crippen molar-refractivity contribution in [3.8, 4) is 0 Å². The molecule has 0 aliphatic heterocycles. The van der Waals surface area contributed by atoms with E-state index >= 15 is 0 Å². The number of aromatic nitrogens is 2. The zero-order valence-corrected chi connectivity index (χ0v) is 11.6. The molecule has 0 saturated heterocycles. The van der Waals surface area contributed by atoms with Gasteiger partial charge < -0.3 is 5.32 Å². The third-order valence-corrected chi connectivity index (χ3v) is 2.84. The number of carbonyl (C=O) groups excluding carboxylic acids is 1. The van der Waals surface area contributed by atoms with Crippen LogP contribution in [0.2, 0.25) is 5.02 Å². The van der Waals surface area contributed by atoms with Gasteiger partial charge in [0.15, 0.2) is 0 Å². The third-order valence-electron chi connectivity index (χ3n) is 2.04. The largest absolute Gasteiger partial charge is 0.324 e. The van der Waals surface area contributed by atoms with E-state index in [1.165, 1.54) is 0 Å². The fourth-order valence-corrected chi connectivity index (χ4v) is 1.88. The SMILES string of the molecule is O=C(Cn1cc(I)cn1)Nc1ccc(Cl)cc1. The second-order valence-corrected chi connectivity index (χ2v) is 5.09. The van der Waals surface area contributed by atoms with Crippen LogP contribution in [0, 0.1) is 3.57 Å². The topological polar surface area (TPSA) is 46.9 Å². The van der Waals surface area contributed by atoms with Crippen LogP contribution in [0.25, 0.3) is 0 Å². The molecular formula is C11H9ClIN3O. The molecule has 1 amide bonds. The zero-order valence-electron chi connectivity index (χ0n) is 8.73. The molecule has 88 valence electrons. The fourth-order valence-electron chi connectivity index (χ4n) is 1.31. The van der Waals surface area contributed by atoms with Crippen LogP contribution in [-0.4, -0.2) is 15.7 Å². The molecule has 4 nitrogen and oxygen atoms in total. The lowest BCUT2D eigenvalue weighted by Gasteiger charge is -2.05. The Morgan fingerprint density at radius 1 is 1.41 bits per heavy atom. The summed E-state index contributed by atoms with van der Waals surface area (Å²) in [4.78, 5) is 11.7. The summed E-state index contributed by atoms with van der Waals surface area (Å²) in [5.74, 6) is -0.119. The number of hydrogen-bond acceptors (Lipinski definition) is 2. The molecule has 2 aromatic rings. The molecule has 6 heteroatoms. The highest BCUT2D eigenvalue weighted by molar-refractivity contribution is 14.1. The van der Waals surface area contributed by atoms with E-state index in [1.807, 2.05) is 6.20 Å². The number of benzene rings is 1. The number of halogens is 2. The van der Waals surface area contributed by atoms with E-state index < -0.39 is 0 Å². The van der Waals surface area contributed by atoms with Crippen LogP contribution >= 0.6 is 34.2 Å². The van der Waals surface area contributed by atoms with Crippen LogP contribution in [0.5, 0.6) is 0 Å². The Kier molecular flexibility index (Phi) is 4.01. The Bertz CT molecular complexity index is 524. The van der Waals surface area contributed by atoms with Crippen LogP contribution in [0.15, 0.2) is 36.7 Å². The van der Waals surface area contributed by atoms with Crippen molar-refractivity contribution in [1.29, 1.82) is 0 Å². The van der Waals surface area contributed by atoms with E-state index in [2.05, 4.69) is 33.0 Å². The van der Waals surface area contributed by atoms with Gasteiger partial charge in [-0.2, -0.15) is 5.10 Å². The molecule has 1 aromatic heterocycles. The summed E-state index contributed by atoms with van der Waals surface area (Å²) in [5, 5.41) is 7.45. The minimum Gasteiger partial charge on any atom is -0.324 e. The molecule has 0 atom stereocenters. The van der Waals surface area contributed by atoms with Crippen LogP contribution in [0.1, 0.15) is 0 Å². The molecule has 0 aliphatic carbocycles. The van der Waals surface area contributed by atoms with Crippen molar-refractivity contribution in [2.45, 2.75) is 6.54 Å². The Morgan fingerprint density at radius 2 is 2.12 bits per heavy atom. The zero-order chi connectivity index (χ0) is 12.3. The Hall–Kier alpha value is -1.08. The van der Waals surface area contributed by atoms with Crippen molar-refractivity contribution in [3.05, 3.63) is 45.3 Å². The van der Waals surface area contributed by atoms with Crippen LogP contribution in [0.4, 0.5) is 5.69 Å². The maximum absolute atomic E-state index is 11.7. The van der Waals surface area contributed by atoms with Gasteiger partial charge in [-0.3, -0.25) is 9.48 Å². The minimum atomic E-state index is -0.119. The van der Waals surface area contributed by atoms with Crippen molar-refractivity contribution in [2.24, 2.45) is 0 Å². The summed E-state index contributed by atoms with van der Waals surface area (Å²) in [6.07, 6.45) is 3.51. The highest BCUT2D eigenvalue weighted by Crippen LogP contribution is 2.13. The normalized spacial score (nSPS) is 10.2. The van der Waals surface area contributed by atoms with Gasteiger partial charge in [0.1, 0.15) is 6.54 Å². The minimum absolute atomic E-state index is 0.119. The molecular weight excluding hydrogens is 352 g/mol. The van der Waals surface area contributed by atoms with E-state index in [1.54, 1.807) is 35.1 Å². The van der Waals surface area contributed by atoms with Gasteiger partial charge >= 0.3 is 0 Å². The van der Waals surface area contributed by atoms with E-state index in [0.29, 0.717) is 5.02 Å². The lowest BCUT2D eigenvalue weighted by atomic mass is 10.3. The summed E-state index contributed by atoms with van der Waals surface area (Å²) < 4.78 is 2.59. The van der Waals surface area contributed by atoms with E-state index in [-0.39, 0.29) is 12.5 Å². The molecule has 0 radical (unpaired) electrons. The molecule has 1 aromatic carbocycles. The summed E-state index contributed by atoms with van der Waals surface area (Å²) >= 11 is 7.90. The van der Waals surface area contributed by atoms with Crippen molar-refractivity contribution in [3.63, 3.8) is 0 Å². The maximum Gasteiger partial charge on any atom is 0.246 e. The highest BCUT2D eigenvalue weighted by Gasteiger charge is 2.04. The molecule has 0 spiro atoms. The molecule has 1 heterocycles. The summed E-state index contributed by atoms with van der Waals surface area (Å²) in [5.41, 5.74) is 0.723. The lowest BCUT2D eigenvalue weighted by molar-refractivity contribution is -0.116. The average Bonchev–Trinajstić information content (AvgIpc) is 2.67. The van der Waals surface area contributed by atoms with Crippen LogP contribution in [-0.2, 0) is 11.3 Å². The Labute approximate surface area is 117 Å². The maximum atomic E-state index is 11.7. The van der Waals surface area contributed by atoms with Gasteiger partial charge in [0.25, 0.3) is 0 Å². The second kappa shape index (κ2) is 5.50. The summed E-state index contributed by atoms with van der Waals surface area (Å²) in [6.45, 7) is 0.200. The molecule has 2 rings (SSSR count). The number of carbonyl (C=O) groups is 1. The first-order chi connectivity index (χ1) is 8.13. The van der Waals surface area contributed by atoms with Crippen molar-refractivity contribution in [1.82, 2.24) is 9.78 Å². The monoisotopic (exact) mass is 361 g/mol. The molecule has 0 bridgehead atoms. The summed E-state index contributed by atoms with van der Waals surface area (Å²) in [6, 6.07) is 6.97. The van der Waals surface area contributed by atoms with Gasteiger partial charge in [-0.05, 0) is 46.9 Å². The van der Waals surface area contributed by atoms with Gasteiger partial charge in [0.2, 0.25) is 5.91 Å². The second-order valence-electron chi connectivity index (χ2n) is 3.41. The fraction of sp³-hybridized carbons (Fsp3) is 0.0909. The Morgan fingerprint density at radius 3 is 2.71 bits per heavy atom. The van der Waals surface area contributed by atoms with Crippen LogP contribution < -0.4 is 5.32 Å². The smallest absolute Gasteiger partial charge is 0.246 e. The lowest BCUT2D eigenvalue weighted by Crippen LogP contribution is -2.18. The molecule has 0 saturated carbocycles. The molecule has 0 aliphatic rings. The quantitative estimate of drug-likeness (QED) is 0.855. The standard InChI is InChI=1S/C11H9ClIN3O/c12-8-1-3-10(4-2-8)15-11(17)7-16-6-9(13)5-14-16/h1-6H,7H2,(H,15,17). The third kappa shape index (κ3) is 3.71. The molecule has 17 heavy (non-hydrogen) atoms. The molecule has 0 fully saturated rings. The van der Waals surface area contributed by atoms with Gasteiger partial charge in [-0.25, -0.2) is 0 Å². The number of nitrogens with one attached hydrogen (secondary N) is 1. The van der Waals surface area contributed by atoms with E-state index in [0.717, 1.165) is 9.26 Å². The van der Waals surface area contributed by atoms with Gasteiger partial charge in [-0.1, -0.05) is 11.6 Å². The molecule has 0 unspecified atom stereocenters. The van der Waals surface area contributed by atoms with E-state index in [9.17, 15) is 4.79 Å². The number of amides is 1. The van der Waals surface area contributed by atoms with Crippen LogP contribution in [0.3, 0.4) is 0 Å². The molecule has 1 N–H and O–H groups in total. The first-order valence-electron chi connectivity index (χ1n) is 4.87. The van der Waals surface area contributed by atoms with Crippen molar-refractivity contribution in [2.75, 3.05) is 5.32 Å². The average molecular weight is 362 g/mol. The van der Waals surface area contributed by atoms with Gasteiger partial charge in [0, 0.05) is 16.9 Å². The number of rotatable bonds is 3. The summed E-state index contributed by atoms with van der Waals surface area (Å²) in [7, 11) is 0. The van der Waals surface area contributed by atoms with Crippen molar-refractivity contribution < 1.29 is 4.79 Å². The highest BCUT2D eigenvalue weighted by atomic mass is 127. The number of anilines is 1. The van der Waals surface area contributed by atoms with Gasteiger partial charge in [0.05, 0.1) is 9.77 Å². The number of hydrogen-bond donors (Lipinski definition) is 1. The first kappa shape index (κ1) is 12.4. The first-order valence-corrected chi connectivity index (χ1v) is 6.32. The van der Waals surface area contributed by atoms with E-state index in [4.69, 9.17) is 11.6 Å². The predicted octanol–water partition coefficient (Wildman–Crippen LogP) is 2.78. The Balaban J connectivity index is 1.95. The number of nitrogens with zero attached hydrogens (tertiary/aromatic N) is 2.